The highest BCUT2D eigenvalue weighted by atomic mass is 19.1. The molecule has 0 N–H and O–H groups in total. The van der Waals surface area contributed by atoms with Gasteiger partial charge in [0.15, 0.2) is 5.78 Å². The Balaban J connectivity index is 2.22. The molecule has 0 aliphatic heterocycles. The maximum Gasteiger partial charge on any atom is 0.167 e. The van der Waals surface area contributed by atoms with Crippen LogP contribution >= 0.6 is 0 Å². The molecule has 0 radical (unpaired) electrons. The van der Waals surface area contributed by atoms with Crippen molar-refractivity contribution in [3.05, 3.63) is 70.3 Å². The fourth-order valence-corrected chi connectivity index (χ4v) is 1.92. The lowest BCUT2D eigenvalue weighted by atomic mass is 9.99. The van der Waals surface area contributed by atoms with E-state index in [1.54, 1.807) is 0 Å². The second-order valence-corrected chi connectivity index (χ2v) is 4.68. The topological polar surface area (TPSA) is 17.1 Å². The number of hydrogen-bond acceptors (Lipinski definition) is 1. The van der Waals surface area contributed by atoms with Crippen molar-refractivity contribution in [2.45, 2.75) is 20.3 Å². The molecule has 0 amide bonds. The van der Waals surface area contributed by atoms with Gasteiger partial charge in [-0.1, -0.05) is 18.2 Å². The summed E-state index contributed by atoms with van der Waals surface area (Å²) in [5, 5.41) is 0. The minimum atomic E-state index is -0.733. The second-order valence-electron chi connectivity index (χ2n) is 4.68. The van der Waals surface area contributed by atoms with Gasteiger partial charge in [0, 0.05) is 18.1 Å². The highest BCUT2D eigenvalue weighted by Crippen LogP contribution is 2.14. The van der Waals surface area contributed by atoms with E-state index in [0.29, 0.717) is 0 Å². The van der Waals surface area contributed by atoms with Crippen molar-refractivity contribution in [1.29, 1.82) is 0 Å². The Hall–Kier alpha value is -2.03. The lowest BCUT2D eigenvalue weighted by molar-refractivity contribution is 0.0992. The van der Waals surface area contributed by atoms with Crippen LogP contribution < -0.4 is 0 Å². The smallest absolute Gasteiger partial charge is 0.167 e. The summed E-state index contributed by atoms with van der Waals surface area (Å²) in [5.41, 5.74) is 3.15. The molecule has 0 saturated heterocycles. The zero-order chi connectivity index (χ0) is 14.0. The molecule has 2 aromatic carbocycles. The van der Waals surface area contributed by atoms with E-state index < -0.39 is 11.6 Å². The maximum absolute atomic E-state index is 13.1. The first kappa shape index (κ1) is 13.4. The molecule has 0 fully saturated rings. The summed E-state index contributed by atoms with van der Waals surface area (Å²) in [4.78, 5) is 12.0. The normalized spacial score (nSPS) is 10.5. The fourth-order valence-electron chi connectivity index (χ4n) is 1.92. The molecule has 19 heavy (non-hydrogen) atoms. The molecule has 1 nitrogen and oxygen atoms in total. The molecule has 3 heteroatoms. The lowest BCUT2D eigenvalue weighted by Gasteiger charge is -2.05. The zero-order valence-electron chi connectivity index (χ0n) is 10.8. The molecule has 0 atom stereocenters. The largest absolute Gasteiger partial charge is 0.294 e. The molecule has 98 valence electrons. The molecule has 0 saturated carbocycles. The highest BCUT2D eigenvalue weighted by molar-refractivity contribution is 5.97. The van der Waals surface area contributed by atoms with E-state index in [1.807, 2.05) is 32.0 Å². The molecule has 0 unspecified atom stereocenters. The number of ketones is 1. The number of aryl methyl sites for hydroxylation is 2. The molecule has 2 aromatic rings. The summed E-state index contributed by atoms with van der Waals surface area (Å²) in [6.07, 6.45) is 0.143. The van der Waals surface area contributed by atoms with Crippen LogP contribution in [0.1, 0.15) is 27.0 Å². The summed E-state index contributed by atoms with van der Waals surface area (Å²) in [6.45, 7) is 3.95. The van der Waals surface area contributed by atoms with Crippen LogP contribution in [-0.4, -0.2) is 5.78 Å². The number of halogens is 2. The van der Waals surface area contributed by atoms with E-state index in [2.05, 4.69) is 0 Å². The highest BCUT2D eigenvalue weighted by Gasteiger charge is 2.10. The summed E-state index contributed by atoms with van der Waals surface area (Å²) in [6, 6.07) is 8.59. The zero-order valence-corrected chi connectivity index (χ0v) is 10.8. The van der Waals surface area contributed by atoms with Crippen LogP contribution in [0, 0.1) is 25.5 Å². The Labute approximate surface area is 110 Å². The van der Waals surface area contributed by atoms with Crippen molar-refractivity contribution in [2.24, 2.45) is 0 Å². The number of Topliss-reactive ketones (excluding diaryl/α,β-unsaturated/α-hetero) is 1. The van der Waals surface area contributed by atoms with E-state index in [4.69, 9.17) is 0 Å². The van der Waals surface area contributed by atoms with E-state index >= 15 is 0 Å². The van der Waals surface area contributed by atoms with Crippen molar-refractivity contribution in [3.63, 3.8) is 0 Å². The summed E-state index contributed by atoms with van der Waals surface area (Å²) in [7, 11) is 0. The number of rotatable bonds is 3. The second kappa shape index (κ2) is 5.31. The van der Waals surface area contributed by atoms with Crippen LogP contribution in [0.25, 0.3) is 0 Å². The fraction of sp³-hybridized carbons (Fsp3) is 0.188. The predicted molar refractivity (Wildman–Crippen MR) is 70.3 cm³/mol. The van der Waals surface area contributed by atoms with Gasteiger partial charge in [0.25, 0.3) is 0 Å². The van der Waals surface area contributed by atoms with Gasteiger partial charge in [0.05, 0.1) is 0 Å². The third-order valence-electron chi connectivity index (χ3n) is 3.12. The van der Waals surface area contributed by atoms with Crippen LogP contribution in [0.3, 0.4) is 0 Å². The lowest BCUT2D eigenvalue weighted by Crippen LogP contribution is -2.05. The molecule has 0 aliphatic carbocycles. The molecule has 2 rings (SSSR count). The minimum Gasteiger partial charge on any atom is -0.294 e. The Kier molecular flexibility index (Phi) is 3.74. The van der Waals surface area contributed by atoms with Crippen molar-refractivity contribution in [3.8, 4) is 0 Å². The van der Waals surface area contributed by atoms with Gasteiger partial charge in [-0.3, -0.25) is 4.79 Å². The molecular formula is C16H14F2O. The molecule has 0 heterocycles. The third kappa shape index (κ3) is 3.25. The maximum atomic E-state index is 13.1. The predicted octanol–water partition coefficient (Wildman–Crippen LogP) is 4.01. The van der Waals surface area contributed by atoms with Gasteiger partial charge in [-0.25, -0.2) is 8.78 Å². The van der Waals surface area contributed by atoms with Gasteiger partial charge in [0.1, 0.15) is 11.6 Å². The van der Waals surface area contributed by atoms with Crippen molar-refractivity contribution in [1.82, 2.24) is 0 Å². The molecule has 0 aromatic heterocycles. The van der Waals surface area contributed by atoms with E-state index in [1.165, 1.54) is 0 Å². The van der Waals surface area contributed by atoms with Crippen molar-refractivity contribution >= 4 is 5.78 Å². The molecule has 0 aliphatic rings. The van der Waals surface area contributed by atoms with Crippen LogP contribution in [0.4, 0.5) is 8.78 Å². The van der Waals surface area contributed by atoms with Gasteiger partial charge in [-0.2, -0.15) is 0 Å². The van der Waals surface area contributed by atoms with Gasteiger partial charge < -0.3 is 0 Å². The van der Waals surface area contributed by atoms with Crippen molar-refractivity contribution < 1.29 is 13.6 Å². The van der Waals surface area contributed by atoms with Crippen LogP contribution in [0.5, 0.6) is 0 Å². The first-order valence-electron chi connectivity index (χ1n) is 6.01. The third-order valence-corrected chi connectivity index (χ3v) is 3.12. The summed E-state index contributed by atoms with van der Waals surface area (Å²) in [5.74, 6) is -1.76. The van der Waals surface area contributed by atoms with Gasteiger partial charge in [-0.15, -0.1) is 0 Å². The van der Waals surface area contributed by atoms with Gasteiger partial charge in [0.2, 0.25) is 0 Å². The van der Waals surface area contributed by atoms with Gasteiger partial charge >= 0.3 is 0 Å². The summed E-state index contributed by atoms with van der Waals surface area (Å²) >= 11 is 0. The molecule has 0 spiro atoms. The van der Waals surface area contributed by atoms with E-state index in [-0.39, 0.29) is 17.8 Å². The first-order chi connectivity index (χ1) is 8.95. The number of carbonyl (C=O) groups excluding carboxylic acids is 1. The first-order valence-corrected chi connectivity index (χ1v) is 6.01. The summed E-state index contributed by atoms with van der Waals surface area (Å²) < 4.78 is 26.1. The van der Waals surface area contributed by atoms with Crippen molar-refractivity contribution in [2.75, 3.05) is 0 Å². The van der Waals surface area contributed by atoms with Crippen LogP contribution in [0.2, 0.25) is 0 Å². The Morgan fingerprint density at radius 1 is 0.947 bits per heavy atom. The number of benzene rings is 2. The molecular weight excluding hydrogens is 246 g/mol. The molecule has 0 bridgehead atoms. The average molecular weight is 260 g/mol. The number of hydrogen-bond donors (Lipinski definition) is 0. The van der Waals surface area contributed by atoms with E-state index in [0.717, 1.165) is 34.9 Å². The SMILES string of the molecule is Cc1ccc(CC(=O)c2cc(F)cc(F)c2)cc1C. The quantitative estimate of drug-likeness (QED) is 0.762. The Bertz CT molecular complexity index is 612. The van der Waals surface area contributed by atoms with Gasteiger partial charge in [-0.05, 0) is 42.7 Å². The Morgan fingerprint density at radius 3 is 2.16 bits per heavy atom. The number of carbonyl (C=O) groups is 1. The average Bonchev–Trinajstić information content (AvgIpc) is 2.32. The standard InChI is InChI=1S/C16H14F2O/c1-10-3-4-12(5-11(10)2)6-16(19)13-7-14(17)9-15(18)8-13/h3-5,7-9H,6H2,1-2H3. The Morgan fingerprint density at radius 2 is 1.58 bits per heavy atom. The monoisotopic (exact) mass is 260 g/mol. The van der Waals surface area contributed by atoms with Crippen LogP contribution in [0.15, 0.2) is 36.4 Å². The minimum absolute atomic E-state index is 0.0655. The van der Waals surface area contributed by atoms with Crippen LogP contribution in [-0.2, 0) is 6.42 Å². The van der Waals surface area contributed by atoms with E-state index in [9.17, 15) is 13.6 Å².